The van der Waals surface area contributed by atoms with Gasteiger partial charge in [-0.15, -0.1) is 0 Å². The van der Waals surface area contributed by atoms with E-state index in [4.69, 9.17) is 19.7 Å². The molecule has 12 nitrogen and oxygen atoms in total. The summed E-state index contributed by atoms with van der Waals surface area (Å²) in [5.41, 5.74) is 8.84. The second-order valence-electron chi connectivity index (χ2n) is 5.80. The maximum atomic E-state index is 11.9. The molecule has 1 heterocycles. The average Bonchev–Trinajstić information content (AvgIpc) is 2.60. The monoisotopic (exact) mass is 398 g/mol. The van der Waals surface area contributed by atoms with Gasteiger partial charge in [-0.05, 0) is 11.6 Å². The highest BCUT2D eigenvalue weighted by Crippen LogP contribution is 2.27. The van der Waals surface area contributed by atoms with Crippen LogP contribution in [0.15, 0.2) is 16.9 Å². The van der Waals surface area contributed by atoms with E-state index >= 15 is 0 Å². The molecule has 0 radical (unpaired) electrons. The first-order valence-electron chi connectivity index (χ1n) is 8.28. The summed E-state index contributed by atoms with van der Waals surface area (Å²) in [4.78, 5) is 48.8. The minimum atomic E-state index is -1.11. The summed E-state index contributed by atoms with van der Waals surface area (Å²) in [7, 11) is 1.13. The highest BCUT2D eigenvalue weighted by atomic mass is 16.6. The van der Waals surface area contributed by atoms with Crippen molar-refractivity contribution in [3.8, 4) is 0 Å². The van der Waals surface area contributed by atoms with E-state index in [0.717, 1.165) is 14.0 Å². The molecule has 1 aliphatic rings. The quantitative estimate of drug-likeness (QED) is 0.203. The predicted molar refractivity (Wildman–Crippen MR) is 92.3 cm³/mol. The van der Waals surface area contributed by atoms with E-state index in [1.54, 1.807) is 0 Å². The summed E-state index contributed by atoms with van der Waals surface area (Å²) in [6.45, 7) is 3.51. The molecule has 28 heavy (non-hydrogen) atoms. The Kier molecular flexibility index (Phi) is 8.76. The lowest BCUT2D eigenvalue weighted by molar-refractivity contribution is -0.160. The first kappa shape index (κ1) is 22.8. The highest BCUT2D eigenvalue weighted by Gasteiger charge is 2.43. The van der Waals surface area contributed by atoms with Gasteiger partial charge in [0.05, 0.1) is 25.8 Å². The number of nitrogens with zero attached hydrogens (tertiary/aromatic N) is 3. The minimum absolute atomic E-state index is 0.0113. The molecule has 4 atom stereocenters. The standard InChI is InChI=1S/C16H22N4O8/c1-8(21)18-14-11(19-20-17)7-13(16(24)25-4)28-15(14)12(27-10(3)23)5-6-26-9(2)22/h7,11-12,14-15H,5-6H2,1-4H3,(H,18,21)/t11-,12+,14+,15-/m0/s1. The molecule has 1 aliphatic heterocycles. The molecule has 0 spiro atoms. The van der Waals surface area contributed by atoms with Crippen LogP contribution in [0, 0.1) is 0 Å². The number of hydrogen-bond donors (Lipinski definition) is 1. The van der Waals surface area contributed by atoms with E-state index < -0.39 is 48.1 Å². The Morgan fingerprint density at radius 2 is 1.96 bits per heavy atom. The fourth-order valence-corrected chi connectivity index (χ4v) is 2.63. The fourth-order valence-electron chi connectivity index (χ4n) is 2.63. The van der Waals surface area contributed by atoms with Crippen LogP contribution >= 0.6 is 0 Å². The molecule has 0 bridgehead atoms. The smallest absolute Gasteiger partial charge is 0.372 e. The molecule has 1 N–H and O–H groups in total. The van der Waals surface area contributed by atoms with Gasteiger partial charge in [0.25, 0.3) is 0 Å². The molecule has 0 fully saturated rings. The van der Waals surface area contributed by atoms with E-state index in [0.29, 0.717) is 0 Å². The van der Waals surface area contributed by atoms with Crippen LogP contribution in [0.2, 0.25) is 0 Å². The molecule has 0 aliphatic carbocycles. The lowest BCUT2D eigenvalue weighted by atomic mass is 9.93. The second kappa shape index (κ2) is 10.8. The Labute approximate surface area is 160 Å². The van der Waals surface area contributed by atoms with E-state index in [2.05, 4.69) is 20.1 Å². The van der Waals surface area contributed by atoms with Crippen molar-refractivity contribution in [1.82, 2.24) is 5.32 Å². The number of nitrogens with one attached hydrogen (secondary N) is 1. The number of rotatable bonds is 8. The topological polar surface area (TPSA) is 166 Å². The SMILES string of the molecule is COC(=O)C1=C[C@H](N=[N+]=[N-])[C@@H](NC(C)=O)[C@H]([C@@H](CCOC(C)=O)OC(C)=O)O1. The van der Waals surface area contributed by atoms with Crippen molar-refractivity contribution in [3.63, 3.8) is 0 Å². The number of hydrogen-bond acceptors (Lipinski definition) is 9. The van der Waals surface area contributed by atoms with Crippen molar-refractivity contribution in [2.75, 3.05) is 13.7 Å². The summed E-state index contributed by atoms with van der Waals surface area (Å²) in [5, 5.41) is 6.15. The molecule has 0 unspecified atom stereocenters. The Balaban J connectivity index is 3.29. The fraction of sp³-hybridized carbons (Fsp3) is 0.625. The average molecular weight is 398 g/mol. The van der Waals surface area contributed by atoms with Crippen LogP contribution in [0.3, 0.4) is 0 Å². The van der Waals surface area contributed by atoms with Gasteiger partial charge < -0.3 is 24.3 Å². The zero-order chi connectivity index (χ0) is 21.3. The van der Waals surface area contributed by atoms with Gasteiger partial charge in [0.15, 0.2) is 6.10 Å². The van der Waals surface area contributed by atoms with E-state index in [-0.39, 0.29) is 18.8 Å². The van der Waals surface area contributed by atoms with Crippen LogP contribution in [-0.4, -0.2) is 61.8 Å². The summed E-state index contributed by atoms with van der Waals surface area (Å²) < 4.78 is 20.4. The molecule has 1 rings (SSSR count). The molecule has 0 saturated carbocycles. The summed E-state index contributed by atoms with van der Waals surface area (Å²) >= 11 is 0. The summed E-state index contributed by atoms with van der Waals surface area (Å²) in [5.74, 6) is -2.77. The zero-order valence-corrected chi connectivity index (χ0v) is 15.9. The van der Waals surface area contributed by atoms with Crippen molar-refractivity contribution in [2.24, 2.45) is 5.11 Å². The first-order chi connectivity index (χ1) is 13.2. The Morgan fingerprint density at radius 3 is 2.46 bits per heavy atom. The van der Waals surface area contributed by atoms with Gasteiger partial charge in [0, 0.05) is 32.1 Å². The van der Waals surface area contributed by atoms with Gasteiger partial charge >= 0.3 is 17.9 Å². The Morgan fingerprint density at radius 1 is 1.29 bits per heavy atom. The third-order valence-electron chi connectivity index (χ3n) is 3.64. The zero-order valence-electron chi connectivity index (χ0n) is 15.9. The Bertz CT molecular complexity index is 701. The van der Waals surface area contributed by atoms with Crippen molar-refractivity contribution in [2.45, 2.75) is 51.5 Å². The largest absolute Gasteiger partial charge is 0.477 e. The minimum Gasteiger partial charge on any atom is -0.477 e. The molecule has 154 valence electrons. The second-order valence-corrected chi connectivity index (χ2v) is 5.80. The molecule has 1 amide bonds. The number of ether oxygens (including phenoxy) is 4. The molecule has 0 aromatic carbocycles. The van der Waals surface area contributed by atoms with Crippen LogP contribution in [0.5, 0.6) is 0 Å². The first-order valence-corrected chi connectivity index (χ1v) is 8.28. The summed E-state index contributed by atoms with van der Waals surface area (Å²) in [6.07, 6.45) is -0.923. The van der Waals surface area contributed by atoms with Crippen LogP contribution in [-0.2, 0) is 38.1 Å². The van der Waals surface area contributed by atoms with Crippen molar-refractivity contribution in [1.29, 1.82) is 0 Å². The molecule has 0 aromatic rings. The summed E-state index contributed by atoms with van der Waals surface area (Å²) in [6, 6.07) is -1.97. The maximum Gasteiger partial charge on any atom is 0.372 e. The van der Waals surface area contributed by atoms with Crippen molar-refractivity contribution in [3.05, 3.63) is 22.3 Å². The van der Waals surface area contributed by atoms with Gasteiger partial charge in [-0.3, -0.25) is 14.4 Å². The van der Waals surface area contributed by atoms with E-state index in [9.17, 15) is 19.2 Å². The molecule has 0 aromatic heterocycles. The lowest BCUT2D eigenvalue weighted by Crippen LogP contribution is -2.57. The molecular weight excluding hydrogens is 376 g/mol. The number of methoxy groups -OCH3 is 1. The maximum absolute atomic E-state index is 11.9. The number of azide groups is 1. The van der Waals surface area contributed by atoms with Crippen LogP contribution in [0.1, 0.15) is 27.2 Å². The van der Waals surface area contributed by atoms with Crippen molar-refractivity contribution < 1.29 is 38.1 Å². The molecular formula is C16H22N4O8. The van der Waals surface area contributed by atoms with Crippen LogP contribution in [0.4, 0.5) is 0 Å². The van der Waals surface area contributed by atoms with Gasteiger partial charge in [0.1, 0.15) is 6.10 Å². The lowest BCUT2D eigenvalue weighted by Gasteiger charge is -2.38. The van der Waals surface area contributed by atoms with Crippen LogP contribution < -0.4 is 5.32 Å². The third kappa shape index (κ3) is 6.80. The molecule has 0 saturated heterocycles. The molecule has 12 heteroatoms. The normalized spacial score (nSPS) is 21.7. The van der Waals surface area contributed by atoms with Gasteiger partial charge in [-0.2, -0.15) is 0 Å². The van der Waals surface area contributed by atoms with E-state index in [1.165, 1.54) is 19.9 Å². The number of esters is 3. The number of amides is 1. The number of carbonyl (C=O) groups is 4. The van der Waals surface area contributed by atoms with Crippen LogP contribution in [0.25, 0.3) is 10.4 Å². The van der Waals surface area contributed by atoms with Gasteiger partial charge in [-0.1, -0.05) is 5.11 Å². The predicted octanol–water partition coefficient (Wildman–Crippen LogP) is 0.511. The van der Waals surface area contributed by atoms with Crippen molar-refractivity contribution >= 4 is 23.8 Å². The van der Waals surface area contributed by atoms with Gasteiger partial charge in [0.2, 0.25) is 11.7 Å². The third-order valence-corrected chi connectivity index (χ3v) is 3.64. The van der Waals surface area contributed by atoms with E-state index in [1.807, 2.05) is 0 Å². The number of carbonyl (C=O) groups excluding carboxylic acids is 4. The Hall–Kier alpha value is -3.27. The highest BCUT2D eigenvalue weighted by molar-refractivity contribution is 5.86. The van der Waals surface area contributed by atoms with Gasteiger partial charge in [-0.25, -0.2) is 4.79 Å².